The van der Waals surface area contributed by atoms with Crippen molar-refractivity contribution in [2.45, 2.75) is 19.3 Å². The van der Waals surface area contributed by atoms with Crippen LogP contribution in [0.5, 0.6) is 0 Å². The van der Waals surface area contributed by atoms with Gasteiger partial charge in [0.1, 0.15) is 0 Å². The number of carbonyl (C=O) groups excluding carboxylic acids is 1. The second-order valence-corrected chi connectivity index (χ2v) is 5.05. The first-order valence-electron chi connectivity index (χ1n) is 6.27. The Labute approximate surface area is 104 Å². The van der Waals surface area contributed by atoms with Crippen LogP contribution in [0, 0.1) is 23.5 Å². The molecule has 1 aromatic carbocycles. The Kier molecular flexibility index (Phi) is 2.90. The summed E-state index contributed by atoms with van der Waals surface area (Å²) in [4.78, 5) is 12.2. The van der Waals surface area contributed by atoms with Crippen molar-refractivity contribution in [2.24, 2.45) is 11.8 Å². The quantitative estimate of drug-likeness (QED) is 0.768. The molecular formula is C14H14F2O2. The fourth-order valence-electron chi connectivity index (χ4n) is 3.01. The molecule has 1 aliphatic heterocycles. The molecule has 3 rings (SSSR count). The minimum Gasteiger partial charge on any atom is -0.381 e. The number of hydrogen-bond acceptors (Lipinski definition) is 2. The summed E-state index contributed by atoms with van der Waals surface area (Å²) in [5.74, 6) is -2.28. The molecule has 0 amide bonds. The lowest BCUT2D eigenvalue weighted by atomic mass is 9.85. The normalized spacial score (nSPS) is 27.3. The van der Waals surface area contributed by atoms with Crippen LogP contribution in [-0.2, 0) is 11.2 Å². The molecule has 0 N–H and O–H groups in total. The molecule has 1 fully saturated rings. The minimum absolute atomic E-state index is 0.0365. The number of Topliss-reactive ketones (excluding diaryl/α,β-unsaturated/α-hetero) is 1. The summed E-state index contributed by atoms with van der Waals surface area (Å²) in [5.41, 5.74) is 0.597. The third-order valence-electron chi connectivity index (χ3n) is 3.97. The number of ether oxygens (including phenoxy) is 1. The van der Waals surface area contributed by atoms with Gasteiger partial charge in [0.15, 0.2) is 17.4 Å². The molecule has 1 aromatic rings. The molecule has 1 heterocycles. The van der Waals surface area contributed by atoms with E-state index in [4.69, 9.17) is 4.74 Å². The van der Waals surface area contributed by atoms with Crippen LogP contribution in [0.3, 0.4) is 0 Å². The van der Waals surface area contributed by atoms with Gasteiger partial charge in [0.05, 0.1) is 12.2 Å². The van der Waals surface area contributed by atoms with E-state index < -0.39 is 11.6 Å². The number of benzene rings is 1. The van der Waals surface area contributed by atoms with E-state index in [0.29, 0.717) is 18.6 Å². The lowest BCUT2D eigenvalue weighted by molar-refractivity contribution is 0.0310. The molecule has 4 heteroatoms. The minimum atomic E-state index is -0.989. The van der Waals surface area contributed by atoms with E-state index in [1.54, 1.807) is 0 Å². The SMILES string of the molecule is O=C1c2c(ccc(F)c2F)CC1C1CCCOC1. The van der Waals surface area contributed by atoms with E-state index in [-0.39, 0.29) is 23.2 Å². The number of hydrogen-bond donors (Lipinski definition) is 0. The average Bonchev–Trinajstić information content (AvgIpc) is 2.73. The Hall–Kier alpha value is -1.29. The first-order valence-corrected chi connectivity index (χ1v) is 6.27. The third-order valence-corrected chi connectivity index (χ3v) is 3.97. The lowest BCUT2D eigenvalue weighted by Crippen LogP contribution is -2.28. The largest absolute Gasteiger partial charge is 0.381 e. The molecule has 0 saturated carbocycles. The van der Waals surface area contributed by atoms with Crippen LogP contribution in [0.1, 0.15) is 28.8 Å². The van der Waals surface area contributed by atoms with Gasteiger partial charge in [-0.3, -0.25) is 4.79 Å². The van der Waals surface area contributed by atoms with E-state index in [2.05, 4.69) is 0 Å². The van der Waals surface area contributed by atoms with Gasteiger partial charge < -0.3 is 4.74 Å². The van der Waals surface area contributed by atoms with Gasteiger partial charge in [0, 0.05) is 12.5 Å². The lowest BCUT2D eigenvalue weighted by Gasteiger charge is -2.26. The van der Waals surface area contributed by atoms with Crippen molar-refractivity contribution in [3.05, 3.63) is 34.9 Å². The standard InChI is InChI=1S/C14H14F2O2/c15-11-4-3-8-6-10(9-2-1-5-18-7-9)14(17)12(8)13(11)16/h3-4,9-10H,1-2,5-7H2. The molecule has 0 radical (unpaired) electrons. The predicted molar refractivity (Wildman–Crippen MR) is 61.4 cm³/mol. The topological polar surface area (TPSA) is 26.3 Å². The molecule has 0 bridgehead atoms. The highest BCUT2D eigenvalue weighted by molar-refractivity contribution is 6.02. The number of fused-ring (bicyclic) bond motifs is 1. The van der Waals surface area contributed by atoms with Gasteiger partial charge in [-0.25, -0.2) is 8.78 Å². The van der Waals surface area contributed by atoms with Gasteiger partial charge >= 0.3 is 0 Å². The van der Waals surface area contributed by atoms with Gasteiger partial charge in [-0.1, -0.05) is 6.07 Å². The maximum atomic E-state index is 13.7. The van der Waals surface area contributed by atoms with Crippen molar-refractivity contribution in [2.75, 3.05) is 13.2 Å². The van der Waals surface area contributed by atoms with Gasteiger partial charge in [-0.2, -0.15) is 0 Å². The average molecular weight is 252 g/mol. The zero-order chi connectivity index (χ0) is 12.7. The smallest absolute Gasteiger partial charge is 0.169 e. The summed E-state index contributed by atoms with van der Waals surface area (Å²) in [7, 11) is 0. The van der Waals surface area contributed by atoms with Crippen LogP contribution in [0.15, 0.2) is 12.1 Å². The Balaban J connectivity index is 1.91. The van der Waals surface area contributed by atoms with Crippen LogP contribution in [0.4, 0.5) is 8.78 Å². The first-order chi connectivity index (χ1) is 8.68. The molecule has 1 saturated heterocycles. The molecule has 2 unspecified atom stereocenters. The summed E-state index contributed by atoms with van der Waals surface area (Å²) < 4.78 is 32.2. The van der Waals surface area contributed by atoms with E-state index in [0.717, 1.165) is 25.5 Å². The maximum Gasteiger partial charge on any atom is 0.169 e. The molecule has 0 aromatic heterocycles. The molecule has 0 spiro atoms. The highest BCUT2D eigenvalue weighted by Gasteiger charge is 2.39. The summed E-state index contributed by atoms with van der Waals surface area (Å²) >= 11 is 0. The Morgan fingerprint density at radius 2 is 2.11 bits per heavy atom. The molecule has 2 atom stereocenters. The van der Waals surface area contributed by atoms with Crippen LogP contribution >= 0.6 is 0 Å². The molecular weight excluding hydrogens is 238 g/mol. The summed E-state index contributed by atoms with van der Waals surface area (Å²) in [6, 6.07) is 2.62. The Morgan fingerprint density at radius 1 is 1.28 bits per heavy atom. The monoisotopic (exact) mass is 252 g/mol. The van der Waals surface area contributed by atoms with Crippen molar-refractivity contribution < 1.29 is 18.3 Å². The second kappa shape index (κ2) is 4.43. The van der Waals surface area contributed by atoms with E-state index in [9.17, 15) is 13.6 Å². The van der Waals surface area contributed by atoms with Gasteiger partial charge in [0.2, 0.25) is 0 Å². The zero-order valence-corrected chi connectivity index (χ0v) is 9.92. The third kappa shape index (κ3) is 1.75. The Bertz CT molecular complexity index is 493. The number of halogens is 2. The van der Waals surface area contributed by atoms with Crippen LogP contribution in [-0.4, -0.2) is 19.0 Å². The Morgan fingerprint density at radius 3 is 2.83 bits per heavy atom. The van der Waals surface area contributed by atoms with Gasteiger partial charge in [0.25, 0.3) is 0 Å². The summed E-state index contributed by atoms with van der Waals surface area (Å²) in [6.07, 6.45) is 2.37. The summed E-state index contributed by atoms with van der Waals surface area (Å²) in [5, 5.41) is 0. The molecule has 2 aliphatic rings. The van der Waals surface area contributed by atoms with Gasteiger partial charge in [-0.05, 0) is 36.8 Å². The van der Waals surface area contributed by atoms with Gasteiger partial charge in [-0.15, -0.1) is 0 Å². The second-order valence-electron chi connectivity index (χ2n) is 5.05. The highest BCUT2D eigenvalue weighted by atomic mass is 19.2. The first kappa shape index (κ1) is 11.8. The zero-order valence-electron chi connectivity index (χ0n) is 9.92. The molecule has 18 heavy (non-hydrogen) atoms. The fourth-order valence-corrected chi connectivity index (χ4v) is 3.01. The van der Waals surface area contributed by atoms with Crippen LogP contribution in [0.25, 0.3) is 0 Å². The van der Waals surface area contributed by atoms with E-state index in [1.807, 2.05) is 0 Å². The van der Waals surface area contributed by atoms with E-state index in [1.165, 1.54) is 6.07 Å². The van der Waals surface area contributed by atoms with Crippen molar-refractivity contribution in [1.82, 2.24) is 0 Å². The van der Waals surface area contributed by atoms with Crippen molar-refractivity contribution in [1.29, 1.82) is 0 Å². The van der Waals surface area contributed by atoms with Crippen LogP contribution in [0.2, 0.25) is 0 Å². The predicted octanol–water partition coefficient (Wildman–Crippen LogP) is 2.75. The molecule has 96 valence electrons. The molecule has 2 nitrogen and oxygen atoms in total. The summed E-state index contributed by atoms with van der Waals surface area (Å²) in [6.45, 7) is 1.28. The molecule has 1 aliphatic carbocycles. The van der Waals surface area contributed by atoms with Crippen molar-refractivity contribution in [3.63, 3.8) is 0 Å². The van der Waals surface area contributed by atoms with E-state index >= 15 is 0 Å². The van der Waals surface area contributed by atoms with Crippen molar-refractivity contribution >= 4 is 5.78 Å². The number of ketones is 1. The fraction of sp³-hybridized carbons (Fsp3) is 0.500. The number of rotatable bonds is 1. The van der Waals surface area contributed by atoms with Crippen molar-refractivity contribution in [3.8, 4) is 0 Å². The number of carbonyl (C=O) groups is 1. The van der Waals surface area contributed by atoms with Crippen LogP contribution < -0.4 is 0 Å². The highest BCUT2D eigenvalue weighted by Crippen LogP contribution is 2.36. The maximum absolute atomic E-state index is 13.7.